The zero-order chi connectivity index (χ0) is 17.9. The van der Waals surface area contributed by atoms with Crippen molar-refractivity contribution in [1.82, 2.24) is 10.6 Å². The number of esters is 1. The SMILES string of the molecule is CCCNC(=O)NC(=O)COC(=O)COc1ccc(C(C)C)cc1. The third kappa shape index (κ3) is 7.62. The first kappa shape index (κ1) is 19.5. The van der Waals surface area contributed by atoms with E-state index in [0.29, 0.717) is 18.2 Å². The number of amides is 3. The summed E-state index contributed by atoms with van der Waals surface area (Å²) in [5.41, 5.74) is 1.17. The van der Waals surface area contributed by atoms with E-state index in [4.69, 9.17) is 9.47 Å². The fraction of sp³-hybridized carbons (Fsp3) is 0.471. The zero-order valence-electron chi connectivity index (χ0n) is 14.3. The molecule has 24 heavy (non-hydrogen) atoms. The van der Waals surface area contributed by atoms with Crippen LogP contribution in [0, 0.1) is 0 Å². The van der Waals surface area contributed by atoms with Gasteiger partial charge in [0, 0.05) is 6.54 Å². The van der Waals surface area contributed by atoms with Crippen LogP contribution in [-0.2, 0) is 14.3 Å². The Morgan fingerprint density at radius 3 is 2.33 bits per heavy atom. The van der Waals surface area contributed by atoms with Crippen LogP contribution >= 0.6 is 0 Å². The quantitative estimate of drug-likeness (QED) is 0.708. The third-order valence-electron chi connectivity index (χ3n) is 3.06. The molecule has 1 rings (SSSR count). The van der Waals surface area contributed by atoms with Crippen molar-refractivity contribution in [3.63, 3.8) is 0 Å². The number of urea groups is 1. The van der Waals surface area contributed by atoms with Crippen LogP contribution in [0.2, 0.25) is 0 Å². The maximum atomic E-state index is 11.5. The average Bonchev–Trinajstić information content (AvgIpc) is 2.56. The number of hydrogen-bond acceptors (Lipinski definition) is 5. The fourth-order valence-corrected chi connectivity index (χ4v) is 1.72. The van der Waals surface area contributed by atoms with Crippen molar-refractivity contribution < 1.29 is 23.9 Å². The van der Waals surface area contributed by atoms with E-state index in [2.05, 4.69) is 24.5 Å². The van der Waals surface area contributed by atoms with Gasteiger partial charge >= 0.3 is 12.0 Å². The van der Waals surface area contributed by atoms with Gasteiger partial charge in [-0.15, -0.1) is 0 Å². The van der Waals surface area contributed by atoms with Crippen molar-refractivity contribution in [2.45, 2.75) is 33.1 Å². The number of nitrogens with one attached hydrogen (secondary N) is 2. The van der Waals surface area contributed by atoms with Crippen LogP contribution in [0.4, 0.5) is 4.79 Å². The molecular formula is C17H24N2O5. The molecule has 1 aromatic rings. The summed E-state index contributed by atoms with van der Waals surface area (Å²) in [5, 5.41) is 4.53. The van der Waals surface area contributed by atoms with E-state index in [1.54, 1.807) is 12.1 Å². The van der Waals surface area contributed by atoms with Gasteiger partial charge < -0.3 is 14.8 Å². The van der Waals surface area contributed by atoms with Crippen molar-refractivity contribution >= 4 is 17.9 Å². The molecule has 7 nitrogen and oxygen atoms in total. The van der Waals surface area contributed by atoms with Gasteiger partial charge in [0.15, 0.2) is 13.2 Å². The minimum atomic E-state index is -0.696. The number of hydrogen-bond donors (Lipinski definition) is 2. The fourth-order valence-electron chi connectivity index (χ4n) is 1.72. The summed E-state index contributed by atoms with van der Waals surface area (Å²) in [4.78, 5) is 34.2. The topological polar surface area (TPSA) is 93.7 Å². The largest absolute Gasteiger partial charge is 0.482 e. The molecule has 0 unspecified atom stereocenters. The van der Waals surface area contributed by atoms with Gasteiger partial charge in [0.2, 0.25) is 0 Å². The molecule has 0 aliphatic carbocycles. The molecule has 0 bridgehead atoms. The molecule has 0 saturated carbocycles. The first-order valence-corrected chi connectivity index (χ1v) is 7.88. The highest BCUT2D eigenvalue weighted by Crippen LogP contribution is 2.18. The Hall–Kier alpha value is -2.57. The molecule has 0 aliphatic heterocycles. The second-order valence-electron chi connectivity index (χ2n) is 5.48. The minimum absolute atomic E-state index is 0.309. The minimum Gasteiger partial charge on any atom is -0.482 e. The molecule has 0 atom stereocenters. The van der Waals surface area contributed by atoms with Gasteiger partial charge in [-0.2, -0.15) is 0 Å². The lowest BCUT2D eigenvalue weighted by molar-refractivity contribution is -0.150. The Morgan fingerprint density at radius 2 is 1.75 bits per heavy atom. The number of rotatable bonds is 8. The summed E-state index contributed by atoms with van der Waals surface area (Å²) in [5.74, 6) is -0.429. The Bertz CT molecular complexity index is 555. The number of carbonyl (C=O) groups excluding carboxylic acids is 3. The van der Waals surface area contributed by atoms with Crippen molar-refractivity contribution in [2.24, 2.45) is 0 Å². The number of benzene rings is 1. The van der Waals surface area contributed by atoms with Crippen LogP contribution in [0.15, 0.2) is 24.3 Å². The van der Waals surface area contributed by atoms with Crippen molar-refractivity contribution in [3.8, 4) is 5.75 Å². The van der Waals surface area contributed by atoms with Gasteiger partial charge in [0.1, 0.15) is 5.75 Å². The number of ether oxygens (including phenoxy) is 2. The Kier molecular flexibility index (Phi) is 8.32. The molecule has 1 aromatic carbocycles. The van der Waals surface area contributed by atoms with E-state index < -0.39 is 24.5 Å². The molecule has 7 heteroatoms. The summed E-state index contributed by atoms with van der Waals surface area (Å²) in [6.07, 6.45) is 0.756. The first-order chi connectivity index (χ1) is 11.4. The lowest BCUT2D eigenvalue weighted by Gasteiger charge is -2.09. The number of imide groups is 1. The van der Waals surface area contributed by atoms with Gasteiger partial charge in [-0.05, 0) is 30.0 Å². The van der Waals surface area contributed by atoms with E-state index in [9.17, 15) is 14.4 Å². The Labute approximate surface area is 141 Å². The molecule has 0 aliphatic rings. The van der Waals surface area contributed by atoms with Crippen LogP contribution in [0.25, 0.3) is 0 Å². The standard InChI is InChI=1S/C17H24N2O5/c1-4-9-18-17(22)19-15(20)10-24-16(21)11-23-14-7-5-13(6-8-14)12(2)3/h5-8,12H,4,9-11H2,1-3H3,(H2,18,19,20,22). The van der Waals surface area contributed by atoms with Gasteiger partial charge in [0.05, 0.1) is 0 Å². The molecule has 0 aromatic heterocycles. The molecule has 0 spiro atoms. The summed E-state index contributed by atoms with van der Waals surface area (Å²) < 4.78 is 10.0. The lowest BCUT2D eigenvalue weighted by atomic mass is 10.0. The molecule has 2 N–H and O–H groups in total. The summed E-state index contributed by atoms with van der Waals surface area (Å²) in [6.45, 7) is 5.68. The molecule has 0 saturated heterocycles. The Balaban J connectivity index is 2.26. The van der Waals surface area contributed by atoms with Gasteiger partial charge in [0.25, 0.3) is 5.91 Å². The smallest absolute Gasteiger partial charge is 0.344 e. The predicted molar refractivity (Wildman–Crippen MR) is 88.8 cm³/mol. The first-order valence-electron chi connectivity index (χ1n) is 7.88. The van der Waals surface area contributed by atoms with Crippen molar-refractivity contribution in [2.75, 3.05) is 19.8 Å². The summed E-state index contributed by atoms with van der Waals surface area (Å²) >= 11 is 0. The number of carbonyl (C=O) groups is 3. The highest BCUT2D eigenvalue weighted by Gasteiger charge is 2.11. The van der Waals surface area contributed by atoms with Crippen molar-refractivity contribution in [3.05, 3.63) is 29.8 Å². The monoisotopic (exact) mass is 336 g/mol. The van der Waals surface area contributed by atoms with E-state index in [1.165, 1.54) is 5.56 Å². The van der Waals surface area contributed by atoms with Crippen LogP contribution in [-0.4, -0.2) is 37.7 Å². The van der Waals surface area contributed by atoms with E-state index in [1.807, 2.05) is 19.1 Å². The highest BCUT2D eigenvalue weighted by molar-refractivity contribution is 5.95. The van der Waals surface area contributed by atoms with Crippen LogP contribution in [0.3, 0.4) is 0 Å². The third-order valence-corrected chi connectivity index (χ3v) is 3.06. The second-order valence-corrected chi connectivity index (χ2v) is 5.48. The highest BCUT2D eigenvalue weighted by atomic mass is 16.6. The Morgan fingerprint density at radius 1 is 1.08 bits per heavy atom. The van der Waals surface area contributed by atoms with Gasteiger partial charge in [-0.1, -0.05) is 32.9 Å². The average molecular weight is 336 g/mol. The van der Waals surface area contributed by atoms with E-state index in [-0.39, 0.29) is 6.61 Å². The molecule has 0 fully saturated rings. The van der Waals surface area contributed by atoms with Crippen LogP contribution in [0.1, 0.15) is 38.7 Å². The molecular weight excluding hydrogens is 312 g/mol. The predicted octanol–water partition coefficient (Wildman–Crippen LogP) is 1.97. The summed E-state index contributed by atoms with van der Waals surface area (Å²) in [7, 11) is 0. The van der Waals surface area contributed by atoms with Crippen LogP contribution in [0.5, 0.6) is 5.75 Å². The maximum Gasteiger partial charge on any atom is 0.344 e. The second kappa shape index (κ2) is 10.3. The van der Waals surface area contributed by atoms with Gasteiger partial charge in [-0.3, -0.25) is 10.1 Å². The summed E-state index contributed by atoms with van der Waals surface area (Å²) in [6, 6.07) is 6.78. The van der Waals surface area contributed by atoms with Gasteiger partial charge in [-0.25, -0.2) is 9.59 Å². The zero-order valence-corrected chi connectivity index (χ0v) is 14.3. The van der Waals surface area contributed by atoms with Crippen molar-refractivity contribution in [1.29, 1.82) is 0 Å². The maximum absolute atomic E-state index is 11.5. The molecule has 0 radical (unpaired) electrons. The van der Waals surface area contributed by atoms with E-state index in [0.717, 1.165) is 6.42 Å². The lowest BCUT2D eigenvalue weighted by Crippen LogP contribution is -2.41. The van der Waals surface area contributed by atoms with E-state index >= 15 is 0 Å². The normalized spacial score (nSPS) is 10.2. The molecule has 132 valence electrons. The van der Waals surface area contributed by atoms with Crippen LogP contribution < -0.4 is 15.4 Å². The molecule has 3 amide bonds. The molecule has 0 heterocycles.